The van der Waals surface area contributed by atoms with Crippen molar-refractivity contribution in [3.8, 4) is 0 Å². The zero-order valence-corrected chi connectivity index (χ0v) is 11.4. The molecule has 0 atom stereocenters. The van der Waals surface area contributed by atoms with E-state index in [1.807, 2.05) is 0 Å². The Balaban J connectivity index is 2.54. The lowest BCUT2D eigenvalue weighted by molar-refractivity contribution is 0.0506. The van der Waals surface area contributed by atoms with Crippen molar-refractivity contribution in [1.82, 2.24) is 0 Å². The summed E-state index contributed by atoms with van der Waals surface area (Å²) in [5, 5.41) is 0.144. The predicted molar refractivity (Wildman–Crippen MR) is 70.5 cm³/mol. The summed E-state index contributed by atoms with van der Waals surface area (Å²) in [6.45, 7) is 0.0248. The molecule has 0 aliphatic rings. The van der Waals surface area contributed by atoms with Crippen LogP contribution in [0, 0.1) is 0 Å². The highest BCUT2D eigenvalue weighted by Gasteiger charge is 2.13. The Kier molecular flexibility index (Phi) is 4.98. The number of rotatable bonds is 5. The Bertz CT molecular complexity index is 542. The number of esters is 1. The van der Waals surface area contributed by atoms with Gasteiger partial charge in [0.15, 0.2) is 0 Å². The molecule has 0 unspecified atom stereocenters. The van der Waals surface area contributed by atoms with Gasteiger partial charge < -0.3 is 10.5 Å². The second-order valence-corrected chi connectivity index (χ2v) is 6.47. The van der Waals surface area contributed by atoms with Gasteiger partial charge in [0, 0.05) is 6.26 Å². The lowest BCUT2D eigenvalue weighted by Crippen LogP contribution is -2.11. The molecule has 0 saturated carbocycles. The highest BCUT2D eigenvalue weighted by Crippen LogP contribution is 2.23. The van der Waals surface area contributed by atoms with E-state index >= 15 is 0 Å². The van der Waals surface area contributed by atoms with Crippen molar-refractivity contribution in [2.45, 2.75) is 6.42 Å². The maximum atomic E-state index is 11.6. The first-order valence-electron chi connectivity index (χ1n) is 5.20. The molecule has 0 radical (unpaired) electrons. The molecule has 0 bridgehead atoms. The predicted octanol–water partition coefficient (Wildman–Crippen LogP) is 1.51. The van der Waals surface area contributed by atoms with Gasteiger partial charge in [-0.3, -0.25) is 0 Å². The van der Waals surface area contributed by atoms with E-state index in [9.17, 15) is 13.2 Å². The minimum Gasteiger partial charge on any atom is -0.462 e. The fraction of sp³-hybridized carbons (Fsp3) is 0.364. The van der Waals surface area contributed by atoms with Gasteiger partial charge in [-0.05, 0) is 18.6 Å². The van der Waals surface area contributed by atoms with Gasteiger partial charge in [-0.2, -0.15) is 0 Å². The van der Waals surface area contributed by atoms with Crippen molar-refractivity contribution in [1.29, 1.82) is 0 Å². The molecule has 1 aromatic rings. The summed E-state index contributed by atoms with van der Waals surface area (Å²) >= 11 is 5.85. The molecule has 0 aromatic heterocycles. The largest absolute Gasteiger partial charge is 0.462 e. The molecule has 0 heterocycles. The van der Waals surface area contributed by atoms with Crippen LogP contribution >= 0.6 is 11.6 Å². The maximum absolute atomic E-state index is 11.6. The second kappa shape index (κ2) is 6.06. The molecule has 7 heteroatoms. The van der Waals surface area contributed by atoms with Gasteiger partial charge in [0.2, 0.25) is 0 Å². The van der Waals surface area contributed by atoms with Gasteiger partial charge in [0.25, 0.3) is 0 Å². The number of nitrogens with two attached hydrogens (primary N) is 1. The van der Waals surface area contributed by atoms with Crippen molar-refractivity contribution < 1.29 is 17.9 Å². The van der Waals surface area contributed by atoms with E-state index in [1.165, 1.54) is 6.07 Å². The van der Waals surface area contributed by atoms with Crippen molar-refractivity contribution in [3.05, 3.63) is 28.8 Å². The van der Waals surface area contributed by atoms with Gasteiger partial charge in [-0.1, -0.05) is 17.7 Å². The lowest BCUT2D eigenvalue weighted by Gasteiger charge is -2.07. The first kappa shape index (κ1) is 14.8. The molecule has 0 saturated heterocycles. The van der Waals surface area contributed by atoms with Crippen molar-refractivity contribution in [3.63, 3.8) is 0 Å². The lowest BCUT2D eigenvalue weighted by atomic mass is 10.2. The van der Waals surface area contributed by atoms with Crippen molar-refractivity contribution in [2.24, 2.45) is 0 Å². The Labute approximate surface area is 111 Å². The summed E-state index contributed by atoms with van der Waals surface area (Å²) < 4.78 is 26.6. The molecule has 18 heavy (non-hydrogen) atoms. The summed E-state index contributed by atoms with van der Waals surface area (Å²) in [6, 6.07) is 4.66. The molecule has 0 aliphatic heterocycles. The molecule has 5 nitrogen and oxygen atoms in total. The average molecular weight is 292 g/mol. The van der Waals surface area contributed by atoms with Crippen LogP contribution < -0.4 is 5.73 Å². The highest BCUT2D eigenvalue weighted by molar-refractivity contribution is 7.90. The summed E-state index contributed by atoms with van der Waals surface area (Å²) in [5.41, 5.74) is 6.02. The van der Waals surface area contributed by atoms with Crippen LogP contribution in [0.3, 0.4) is 0 Å². The van der Waals surface area contributed by atoms with Crippen LogP contribution in [-0.2, 0) is 14.6 Å². The number of ether oxygens (including phenoxy) is 1. The average Bonchev–Trinajstić information content (AvgIpc) is 2.26. The van der Waals surface area contributed by atoms with Gasteiger partial charge in [-0.15, -0.1) is 0 Å². The van der Waals surface area contributed by atoms with Gasteiger partial charge in [0.1, 0.15) is 9.84 Å². The maximum Gasteiger partial charge on any atom is 0.339 e. The molecule has 0 spiro atoms. The Morgan fingerprint density at radius 3 is 2.72 bits per heavy atom. The van der Waals surface area contributed by atoms with Crippen LogP contribution in [0.5, 0.6) is 0 Å². The molecule has 1 aromatic carbocycles. The quantitative estimate of drug-likeness (QED) is 0.505. The third-order valence-electron chi connectivity index (χ3n) is 2.14. The topological polar surface area (TPSA) is 86.5 Å². The summed E-state index contributed by atoms with van der Waals surface area (Å²) in [7, 11) is -3.04. The number of carbonyl (C=O) groups is 1. The molecule has 0 aliphatic carbocycles. The summed E-state index contributed by atoms with van der Waals surface area (Å²) in [6.07, 6.45) is 1.38. The van der Waals surface area contributed by atoms with Crippen LogP contribution in [-0.4, -0.2) is 33.0 Å². The Hall–Kier alpha value is -1.27. The normalized spacial score (nSPS) is 11.2. The first-order valence-corrected chi connectivity index (χ1v) is 7.64. The van der Waals surface area contributed by atoms with Gasteiger partial charge in [-0.25, -0.2) is 13.2 Å². The third-order valence-corrected chi connectivity index (χ3v) is 3.59. The Morgan fingerprint density at radius 2 is 2.11 bits per heavy atom. The zero-order chi connectivity index (χ0) is 13.8. The fourth-order valence-electron chi connectivity index (χ4n) is 1.27. The molecule has 0 amide bonds. The number of anilines is 1. The minimum absolute atomic E-state index is 0.0229. The van der Waals surface area contributed by atoms with E-state index in [2.05, 4.69) is 0 Å². The summed E-state index contributed by atoms with van der Waals surface area (Å²) in [5.74, 6) is -0.633. The van der Waals surface area contributed by atoms with Gasteiger partial charge >= 0.3 is 5.97 Å². The van der Waals surface area contributed by atoms with E-state index in [1.54, 1.807) is 12.1 Å². The number of sulfone groups is 1. The van der Waals surface area contributed by atoms with E-state index in [0.717, 1.165) is 6.26 Å². The van der Waals surface area contributed by atoms with Gasteiger partial charge in [0.05, 0.1) is 28.6 Å². The molecule has 2 N–H and O–H groups in total. The van der Waals surface area contributed by atoms with Crippen LogP contribution in [0.4, 0.5) is 5.69 Å². The van der Waals surface area contributed by atoms with Crippen LogP contribution in [0.15, 0.2) is 18.2 Å². The fourth-order valence-corrected chi connectivity index (χ4v) is 2.12. The molecule has 100 valence electrons. The van der Waals surface area contributed by atoms with Crippen LogP contribution in [0.25, 0.3) is 0 Å². The number of benzene rings is 1. The van der Waals surface area contributed by atoms with Crippen molar-refractivity contribution >= 4 is 33.1 Å². The molecular weight excluding hydrogens is 278 g/mol. The van der Waals surface area contributed by atoms with E-state index in [4.69, 9.17) is 22.1 Å². The van der Waals surface area contributed by atoms with E-state index in [0.29, 0.717) is 5.69 Å². The molecule has 0 fully saturated rings. The second-order valence-electron chi connectivity index (χ2n) is 3.83. The number of carbonyl (C=O) groups excluding carboxylic acids is 1. The van der Waals surface area contributed by atoms with Crippen molar-refractivity contribution in [2.75, 3.05) is 24.3 Å². The minimum atomic E-state index is -3.04. The third kappa shape index (κ3) is 4.54. The van der Waals surface area contributed by atoms with E-state index < -0.39 is 15.8 Å². The SMILES string of the molecule is CS(=O)(=O)CCCOC(=O)c1cccc(N)c1Cl. The number of hydrogen-bond donors (Lipinski definition) is 1. The monoisotopic (exact) mass is 291 g/mol. The summed E-state index contributed by atoms with van der Waals surface area (Å²) in [4.78, 5) is 11.6. The number of hydrogen-bond acceptors (Lipinski definition) is 5. The number of halogens is 1. The molecular formula is C11H14ClNO4S. The number of nitrogen functional groups attached to an aromatic ring is 1. The van der Waals surface area contributed by atoms with Crippen LogP contribution in [0.1, 0.15) is 16.8 Å². The molecule has 1 rings (SSSR count). The zero-order valence-electron chi connectivity index (χ0n) is 9.85. The standard InChI is InChI=1S/C11H14ClNO4S/c1-18(15,16)7-3-6-17-11(14)8-4-2-5-9(13)10(8)12/h2,4-5H,3,6-7,13H2,1H3. The van der Waals surface area contributed by atoms with Crippen LogP contribution in [0.2, 0.25) is 5.02 Å². The first-order chi connectivity index (χ1) is 8.31. The smallest absolute Gasteiger partial charge is 0.339 e. The highest BCUT2D eigenvalue weighted by atomic mass is 35.5. The van der Waals surface area contributed by atoms with E-state index in [-0.39, 0.29) is 29.4 Å². The Morgan fingerprint density at radius 1 is 1.44 bits per heavy atom.